The summed E-state index contributed by atoms with van der Waals surface area (Å²) in [5.41, 5.74) is 6.86. The molecule has 0 aliphatic carbocycles. The van der Waals surface area contributed by atoms with E-state index in [2.05, 4.69) is 15.1 Å². The fraction of sp³-hybridized carbons (Fsp3) is 0.182. The van der Waals surface area contributed by atoms with Crippen LogP contribution >= 0.6 is 11.6 Å². The van der Waals surface area contributed by atoms with Crippen LogP contribution in [0.25, 0.3) is 5.69 Å². The highest BCUT2D eigenvalue weighted by molar-refractivity contribution is 6.32. The molecule has 2 aromatic carbocycles. The van der Waals surface area contributed by atoms with Crippen LogP contribution < -0.4 is 14.9 Å². The first-order valence-electron chi connectivity index (χ1n) is 8.95. The average molecular weight is 412 g/mol. The van der Waals surface area contributed by atoms with Crippen LogP contribution in [0, 0.1) is 13.8 Å². The second-order valence-electron chi connectivity index (χ2n) is 6.41. The van der Waals surface area contributed by atoms with E-state index in [-0.39, 0.29) is 5.91 Å². The number of nitrogens with one attached hydrogen (secondary N) is 1. The molecule has 29 heavy (non-hydrogen) atoms. The van der Waals surface area contributed by atoms with E-state index in [9.17, 15) is 4.79 Å². The van der Waals surface area contributed by atoms with Gasteiger partial charge in [0.15, 0.2) is 0 Å². The zero-order chi connectivity index (χ0) is 21.0. The molecule has 0 saturated carbocycles. The van der Waals surface area contributed by atoms with Gasteiger partial charge in [-0.25, -0.2) is 5.43 Å². The Labute approximate surface area is 174 Å². The maximum atomic E-state index is 12.2. The number of hydrazone groups is 1. The molecule has 150 valence electrons. The highest BCUT2D eigenvalue weighted by atomic mass is 35.5. The summed E-state index contributed by atoms with van der Waals surface area (Å²) >= 11 is 6.27. The lowest BCUT2D eigenvalue weighted by Gasteiger charge is -2.11. The van der Waals surface area contributed by atoms with E-state index < -0.39 is 0 Å². The maximum absolute atomic E-state index is 12.2. The van der Waals surface area contributed by atoms with Crippen molar-refractivity contribution in [1.82, 2.24) is 9.99 Å². The molecule has 0 atom stereocenters. The number of rotatable bonds is 6. The lowest BCUT2D eigenvalue weighted by molar-refractivity contribution is 0.0955. The van der Waals surface area contributed by atoms with Gasteiger partial charge in [0.25, 0.3) is 5.91 Å². The molecule has 1 heterocycles. The largest absolute Gasteiger partial charge is 0.497 e. The van der Waals surface area contributed by atoms with Crippen LogP contribution in [-0.4, -0.2) is 30.9 Å². The molecular formula is C22H22ClN3O3. The molecule has 0 fully saturated rings. The SMILES string of the molecule is COc1ccc(C(=O)N/N=C\c2cc(C)n(-c3ccc(OC)c(Cl)c3)c2C)cc1. The van der Waals surface area contributed by atoms with Crippen molar-refractivity contribution in [3.8, 4) is 17.2 Å². The van der Waals surface area contributed by atoms with Crippen LogP contribution in [0.1, 0.15) is 27.3 Å². The quantitative estimate of drug-likeness (QED) is 0.478. The van der Waals surface area contributed by atoms with Gasteiger partial charge in [-0.3, -0.25) is 4.79 Å². The molecule has 0 radical (unpaired) electrons. The predicted molar refractivity (Wildman–Crippen MR) is 115 cm³/mol. The summed E-state index contributed by atoms with van der Waals surface area (Å²) in [4.78, 5) is 12.2. The van der Waals surface area contributed by atoms with Crippen molar-refractivity contribution in [2.75, 3.05) is 14.2 Å². The summed E-state index contributed by atoms with van der Waals surface area (Å²) in [7, 11) is 3.16. The minimum absolute atomic E-state index is 0.292. The number of aryl methyl sites for hydroxylation is 1. The molecule has 3 aromatic rings. The molecule has 1 amide bonds. The van der Waals surface area contributed by atoms with Crippen molar-refractivity contribution in [2.24, 2.45) is 5.10 Å². The molecule has 1 N–H and O–H groups in total. The number of ether oxygens (including phenoxy) is 2. The van der Waals surface area contributed by atoms with Crippen LogP contribution in [0.2, 0.25) is 5.02 Å². The number of hydrogen-bond donors (Lipinski definition) is 1. The maximum Gasteiger partial charge on any atom is 0.271 e. The number of halogens is 1. The van der Waals surface area contributed by atoms with Crippen molar-refractivity contribution >= 4 is 23.7 Å². The summed E-state index contributed by atoms with van der Waals surface area (Å²) in [5, 5.41) is 4.64. The van der Waals surface area contributed by atoms with E-state index in [4.69, 9.17) is 21.1 Å². The zero-order valence-electron chi connectivity index (χ0n) is 16.7. The summed E-state index contributed by atoms with van der Waals surface area (Å²) in [6.45, 7) is 3.98. The van der Waals surface area contributed by atoms with Gasteiger partial charge in [0, 0.05) is 28.2 Å². The van der Waals surface area contributed by atoms with Gasteiger partial charge in [-0.2, -0.15) is 5.10 Å². The molecule has 0 unspecified atom stereocenters. The van der Waals surface area contributed by atoms with Gasteiger partial charge in [0.1, 0.15) is 11.5 Å². The fourth-order valence-electron chi connectivity index (χ4n) is 3.08. The van der Waals surface area contributed by atoms with Gasteiger partial charge >= 0.3 is 0 Å². The summed E-state index contributed by atoms with van der Waals surface area (Å²) in [6.07, 6.45) is 1.63. The van der Waals surface area contributed by atoms with Crippen molar-refractivity contribution in [3.63, 3.8) is 0 Å². The Hall–Kier alpha value is -3.25. The van der Waals surface area contributed by atoms with E-state index >= 15 is 0 Å². The van der Waals surface area contributed by atoms with E-state index in [0.29, 0.717) is 22.1 Å². The molecule has 1 aromatic heterocycles. The van der Waals surface area contributed by atoms with E-state index in [0.717, 1.165) is 22.6 Å². The van der Waals surface area contributed by atoms with Crippen molar-refractivity contribution in [1.29, 1.82) is 0 Å². The Morgan fingerprint density at radius 2 is 1.79 bits per heavy atom. The van der Waals surface area contributed by atoms with Gasteiger partial charge in [-0.1, -0.05) is 11.6 Å². The third-order valence-corrected chi connectivity index (χ3v) is 4.88. The Balaban J connectivity index is 1.77. The summed E-state index contributed by atoms with van der Waals surface area (Å²) < 4.78 is 12.4. The molecule has 0 aliphatic rings. The molecule has 0 saturated heterocycles. The Morgan fingerprint density at radius 3 is 2.41 bits per heavy atom. The van der Waals surface area contributed by atoms with Gasteiger partial charge in [0.2, 0.25) is 0 Å². The highest BCUT2D eigenvalue weighted by Crippen LogP contribution is 2.28. The molecule has 0 bridgehead atoms. The van der Waals surface area contributed by atoms with Crippen LogP contribution in [-0.2, 0) is 0 Å². The lowest BCUT2D eigenvalue weighted by atomic mass is 10.2. The topological polar surface area (TPSA) is 64.8 Å². The van der Waals surface area contributed by atoms with E-state index in [1.165, 1.54) is 0 Å². The zero-order valence-corrected chi connectivity index (χ0v) is 17.4. The highest BCUT2D eigenvalue weighted by Gasteiger charge is 2.12. The van der Waals surface area contributed by atoms with Crippen LogP contribution in [0.3, 0.4) is 0 Å². The van der Waals surface area contributed by atoms with Crippen molar-refractivity contribution in [2.45, 2.75) is 13.8 Å². The van der Waals surface area contributed by atoms with Gasteiger partial charge in [-0.15, -0.1) is 0 Å². The number of aromatic nitrogens is 1. The van der Waals surface area contributed by atoms with Crippen molar-refractivity contribution < 1.29 is 14.3 Å². The molecule has 7 heteroatoms. The van der Waals surface area contributed by atoms with E-state index in [1.807, 2.05) is 38.1 Å². The number of carbonyl (C=O) groups excluding carboxylic acids is 1. The normalized spacial score (nSPS) is 10.9. The fourth-order valence-corrected chi connectivity index (χ4v) is 3.33. The molecular weight excluding hydrogens is 390 g/mol. The number of benzene rings is 2. The number of amides is 1. The molecule has 3 rings (SSSR count). The predicted octanol–water partition coefficient (Wildman–Crippen LogP) is 4.53. The Morgan fingerprint density at radius 1 is 1.07 bits per heavy atom. The molecule has 0 spiro atoms. The minimum Gasteiger partial charge on any atom is -0.497 e. The summed E-state index contributed by atoms with van der Waals surface area (Å²) in [6, 6.07) is 14.4. The van der Waals surface area contributed by atoms with Gasteiger partial charge in [0.05, 0.1) is 25.5 Å². The van der Waals surface area contributed by atoms with Crippen LogP contribution in [0.15, 0.2) is 53.6 Å². The standard InChI is InChI=1S/C22H22ClN3O3/c1-14-11-17(13-24-25-22(27)16-5-8-19(28-3)9-6-16)15(2)26(14)18-7-10-21(29-4)20(23)12-18/h5-13H,1-4H3,(H,25,27)/b24-13-. The monoisotopic (exact) mass is 411 g/mol. The van der Waals surface area contributed by atoms with Gasteiger partial charge in [-0.05, 0) is 62.4 Å². The Kier molecular flexibility index (Phi) is 6.24. The second-order valence-corrected chi connectivity index (χ2v) is 6.82. The molecule has 0 aliphatic heterocycles. The smallest absolute Gasteiger partial charge is 0.271 e. The van der Waals surface area contributed by atoms with Crippen LogP contribution in [0.5, 0.6) is 11.5 Å². The van der Waals surface area contributed by atoms with Crippen molar-refractivity contribution in [3.05, 3.63) is 76.1 Å². The van der Waals surface area contributed by atoms with Crippen LogP contribution in [0.4, 0.5) is 0 Å². The third-order valence-electron chi connectivity index (χ3n) is 4.59. The minimum atomic E-state index is -0.292. The Bertz CT molecular complexity index is 1060. The summed E-state index contributed by atoms with van der Waals surface area (Å²) in [5.74, 6) is 1.02. The lowest BCUT2D eigenvalue weighted by Crippen LogP contribution is -2.17. The average Bonchev–Trinajstić information content (AvgIpc) is 3.01. The number of methoxy groups -OCH3 is 2. The van der Waals surface area contributed by atoms with Gasteiger partial charge < -0.3 is 14.0 Å². The number of hydrogen-bond acceptors (Lipinski definition) is 4. The number of nitrogens with zero attached hydrogens (tertiary/aromatic N) is 2. The third kappa shape index (κ3) is 4.43. The van der Waals surface area contributed by atoms with E-state index in [1.54, 1.807) is 44.7 Å². The first-order chi connectivity index (χ1) is 13.9. The second kappa shape index (κ2) is 8.84. The first kappa shape index (κ1) is 20.5. The number of carbonyl (C=O) groups is 1. The molecule has 6 nitrogen and oxygen atoms in total. The first-order valence-corrected chi connectivity index (χ1v) is 9.32.